The Hall–Kier alpha value is -3.18. The summed E-state index contributed by atoms with van der Waals surface area (Å²) < 4.78 is 29.4. The molecule has 4 aromatic rings. The predicted molar refractivity (Wildman–Crippen MR) is 140 cm³/mol. The SMILES string of the molecule is COC(=O)c1ccc2c(=O)n(CCc3ccc(S(N)(=O)=O)cc3)c(SCc3ccccc3Cl)nc2c1. The fourth-order valence-electron chi connectivity index (χ4n) is 3.60. The largest absolute Gasteiger partial charge is 0.465 e. The third kappa shape index (κ3) is 5.79. The molecule has 3 aromatic carbocycles. The van der Waals surface area contributed by atoms with Crippen molar-refractivity contribution in [2.75, 3.05) is 7.11 Å². The van der Waals surface area contributed by atoms with Gasteiger partial charge < -0.3 is 4.74 Å². The van der Waals surface area contributed by atoms with E-state index in [0.29, 0.717) is 45.4 Å². The monoisotopic (exact) mass is 543 g/mol. The Morgan fingerprint density at radius 3 is 2.50 bits per heavy atom. The van der Waals surface area contributed by atoms with Crippen LogP contribution in [0.1, 0.15) is 21.5 Å². The normalized spacial score (nSPS) is 11.5. The highest BCUT2D eigenvalue weighted by Gasteiger charge is 2.15. The fourth-order valence-corrected chi connectivity index (χ4v) is 5.42. The van der Waals surface area contributed by atoms with E-state index in [0.717, 1.165) is 11.1 Å². The number of aromatic nitrogens is 2. The molecule has 1 aromatic heterocycles. The summed E-state index contributed by atoms with van der Waals surface area (Å²) >= 11 is 7.67. The summed E-state index contributed by atoms with van der Waals surface area (Å²) in [6, 6.07) is 18.3. The van der Waals surface area contributed by atoms with Gasteiger partial charge in [0, 0.05) is 17.3 Å². The number of primary sulfonamides is 1. The third-order valence-electron chi connectivity index (χ3n) is 5.53. The summed E-state index contributed by atoms with van der Waals surface area (Å²) in [5, 5.41) is 6.62. The van der Waals surface area contributed by atoms with Gasteiger partial charge in [-0.25, -0.2) is 23.3 Å². The van der Waals surface area contributed by atoms with Gasteiger partial charge >= 0.3 is 5.97 Å². The number of methoxy groups -OCH3 is 1. The highest BCUT2D eigenvalue weighted by molar-refractivity contribution is 7.98. The number of nitrogens with two attached hydrogens (primary N) is 1. The van der Waals surface area contributed by atoms with E-state index >= 15 is 0 Å². The first-order valence-electron chi connectivity index (χ1n) is 10.8. The number of benzene rings is 3. The van der Waals surface area contributed by atoms with Crippen LogP contribution in [0.15, 0.2) is 81.6 Å². The number of rotatable bonds is 8. The van der Waals surface area contributed by atoms with Gasteiger partial charge in [0.05, 0.1) is 28.5 Å². The number of sulfonamides is 1. The number of ether oxygens (including phenoxy) is 1. The number of carbonyl (C=O) groups excluding carboxylic acids is 1. The van der Waals surface area contributed by atoms with Crippen LogP contribution in [-0.2, 0) is 33.5 Å². The molecule has 0 amide bonds. The number of hydrogen-bond acceptors (Lipinski definition) is 7. The molecule has 0 unspecified atom stereocenters. The van der Waals surface area contributed by atoms with E-state index in [4.69, 9.17) is 26.5 Å². The predicted octanol–water partition coefficient (Wildman–Crippen LogP) is 4.02. The van der Waals surface area contributed by atoms with Gasteiger partial charge in [-0.15, -0.1) is 0 Å². The van der Waals surface area contributed by atoms with Crippen LogP contribution in [0.3, 0.4) is 0 Å². The lowest BCUT2D eigenvalue weighted by Crippen LogP contribution is -2.24. The summed E-state index contributed by atoms with van der Waals surface area (Å²) in [5.74, 6) is -0.0340. The first kappa shape index (κ1) is 25.9. The van der Waals surface area contributed by atoms with E-state index in [1.54, 1.807) is 34.9 Å². The Labute approximate surface area is 217 Å². The van der Waals surface area contributed by atoms with E-state index in [-0.39, 0.29) is 10.5 Å². The van der Waals surface area contributed by atoms with E-state index in [1.807, 2.05) is 18.2 Å². The quantitative estimate of drug-likeness (QED) is 0.202. The van der Waals surface area contributed by atoms with Crippen LogP contribution in [0, 0.1) is 0 Å². The molecule has 1 heterocycles. The van der Waals surface area contributed by atoms with Crippen molar-refractivity contribution in [3.05, 3.63) is 98.8 Å². The lowest BCUT2D eigenvalue weighted by atomic mass is 10.1. The molecule has 0 spiro atoms. The summed E-state index contributed by atoms with van der Waals surface area (Å²) in [5.41, 5.74) is 2.16. The molecular formula is C25H22ClN3O5S2. The molecule has 0 atom stereocenters. The molecular weight excluding hydrogens is 522 g/mol. The lowest BCUT2D eigenvalue weighted by molar-refractivity contribution is 0.0601. The third-order valence-corrected chi connectivity index (χ3v) is 7.86. The number of nitrogens with zero attached hydrogens (tertiary/aromatic N) is 2. The minimum absolute atomic E-state index is 0.0215. The zero-order valence-corrected chi connectivity index (χ0v) is 21.6. The summed E-state index contributed by atoms with van der Waals surface area (Å²) in [4.78, 5) is 30.2. The van der Waals surface area contributed by atoms with Gasteiger partial charge in [-0.05, 0) is 53.9 Å². The smallest absolute Gasteiger partial charge is 0.337 e. The zero-order valence-electron chi connectivity index (χ0n) is 19.2. The van der Waals surface area contributed by atoms with Crippen LogP contribution in [-0.4, -0.2) is 31.0 Å². The van der Waals surface area contributed by atoms with Crippen molar-refractivity contribution >= 4 is 50.3 Å². The van der Waals surface area contributed by atoms with Gasteiger partial charge in [0.1, 0.15) is 0 Å². The average Bonchev–Trinajstić information content (AvgIpc) is 2.86. The number of fused-ring (bicyclic) bond motifs is 1. The molecule has 0 radical (unpaired) electrons. The number of esters is 1. The molecule has 36 heavy (non-hydrogen) atoms. The van der Waals surface area contributed by atoms with Crippen molar-refractivity contribution < 1.29 is 17.9 Å². The van der Waals surface area contributed by atoms with Crippen LogP contribution in [0.2, 0.25) is 5.02 Å². The van der Waals surface area contributed by atoms with Crippen LogP contribution in [0.4, 0.5) is 0 Å². The standard InChI is InChI=1S/C25H22ClN3O5S2/c1-34-24(31)17-8-11-20-22(14-17)28-25(35-15-18-4-2-3-5-21(18)26)29(23(20)30)13-12-16-6-9-19(10-7-16)36(27,32)33/h2-11,14H,12-13,15H2,1H3,(H2,27,32,33). The van der Waals surface area contributed by atoms with Crippen LogP contribution in [0.5, 0.6) is 0 Å². The number of halogens is 1. The summed E-state index contributed by atoms with van der Waals surface area (Å²) in [6.45, 7) is 0.306. The van der Waals surface area contributed by atoms with E-state index in [1.165, 1.54) is 37.1 Å². The Kier molecular flexibility index (Phi) is 7.79. The number of hydrogen-bond donors (Lipinski definition) is 1. The molecule has 4 rings (SSSR count). The molecule has 2 N–H and O–H groups in total. The van der Waals surface area contributed by atoms with Crippen LogP contribution < -0.4 is 10.7 Å². The molecule has 0 aliphatic rings. The van der Waals surface area contributed by atoms with Gasteiger partial charge in [-0.1, -0.05) is 53.7 Å². The first-order valence-corrected chi connectivity index (χ1v) is 13.7. The maximum absolute atomic E-state index is 13.5. The number of carbonyl (C=O) groups is 1. The molecule has 186 valence electrons. The molecule has 0 aliphatic heterocycles. The summed E-state index contributed by atoms with van der Waals surface area (Å²) in [7, 11) is -2.50. The van der Waals surface area contributed by atoms with Crippen molar-refractivity contribution in [3.8, 4) is 0 Å². The molecule has 11 heteroatoms. The van der Waals surface area contributed by atoms with Gasteiger partial charge in [0.15, 0.2) is 5.16 Å². The zero-order chi connectivity index (χ0) is 25.9. The second-order valence-electron chi connectivity index (χ2n) is 7.89. The van der Waals surface area contributed by atoms with Crippen molar-refractivity contribution in [1.82, 2.24) is 9.55 Å². The van der Waals surface area contributed by atoms with E-state index in [9.17, 15) is 18.0 Å². The maximum atomic E-state index is 13.5. The van der Waals surface area contributed by atoms with Gasteiger partial charge in [-0.2, -0.15) is 0 Å². The highest BCUT2D eigenvalue weighted by Crippen LogP contribution is 2.26. The number of thioether (sulfide) groups is 1. The van der Waals surface area contributed by atoms with E-state index in [2.05, 4.69) is 0 Å². The van der Waals surface area contributed by atoms with Gasteiger partial charge in [0.25, 0.3) is 5.56 Å². The second kappa shape index (κ2) is 10.8. The minimum atomic E-state index is -3.79. The number of aryl methyl sites for hydroxylation is 1. The Bertz CT molecular complexity index is 1600. The first-order chi connectivity index (χ1) is 17.2. The summed E-state index contributed by atoms with van der Waals surface area (Å²) in [6.07, 6.45) is 0.456. The average molecular weight is 544 g/mol. The van der Waals surface area contributed by atoms with Crippen LogP contribution in [0.25, 0.3) is 10.9 Å². The van der Waals surface area contributed by atoms with Crippen molar-refractivity contribution in [3.63, 3.8) is 0 Å². The fraction of sp³-hybridized carbons (Fsp3) is 0.160. The Balaban J connectivity index is 1.70. The minimum Gasteiger partial charge on any atom is -0.465 e. The molecule has 0 bridgehead atoms. The second-order valence-corrected chi connectivity index (χ2v) is 10.8. The highest BCUT2D eigenvalue weighted by atomic mass is 35.5. The van der Waals surface area contributed by atoms with Crippen molar-refractivity contribution in [2.24, 2.45) is 5.14 Å². The van der Waals surface area contributed by atoms with E-state index < -0.39 is 16.0 Å². The maximum Gasteiger partial charge on any atom is 0.337 e. The van der Waals surface area contributed by atoms with Crippen molar-refractivity contribution in [1.29, 1.82) is 0 Å². The topological polar surface area (TPSA) is 121 Å². The van der Waals surface area contributed by atoms with Crippen LogP contribution >= 0.6 is 23.4 Å². The molecule has 0 aliphatic carbocycles. The molecule has 0 saturated heterocycles. The molecule has 8 nitrogen and oxygen atoms in total. The molecule has 0 saturated carbocycles. The lowest BCUT2D eigenvalue weighted by Gasteiger charge is -2.14. The Morgan fingerprint density at radius 1 is 1.11 bits per heavy atom. The van der Waals surface area contributed by atoms with Crippen molar-refractivity contribution in [2.45, 2.75) is 28.8 Å². The van der Waals surface area contributed by atoms with Gasteiger partial charge in [0.2, 0.25) is 10.0 Å². The molecule has 0 fully saturated rings. The Morgan fingerprint density at radius 2 is 1.83 bits per heavy atom. The van der Waals surface area contributed by atoms with Gasteiger partial charge in [-0.3, -0.25) is 9.36 Å².